The molecule has 2 rings (SSSR count). The molecule has 0 saturated carbocycles. The van der Waals surface area contributed by atoms with E-state index in [0.717, 1.165) is 23.5 Å². The first-order chi connectivity index (χ1) is 9.85. The molecule has 0 bridgehead atoms. The van der Waals surface area contributed by atoms with Gasteiger partial charge in [0.2, 0.25) is 0 Å². The Hall–Kier alpha value is -0.190. The molecule has 0 aliphatic carbocycles. The number of hydrogen-bond donors (Lipinski definition) is 1. The van der Waals surface area contributed by atoms with E-state index in [-0.39, 0.29) is 0 Å². The zero-order chi connectivity index (χ0) is 14.2. The second-order valence-corrected chi connectivity index (χ2v) is 7.91. The topological polar surface area (TPSA) is 24.9 Å². The summed E-state index contributed by atoms with van der Waals surface area (Å²) in [5.74, 6) is 2.61. The third-order valence-corrected chi connectivity index (χ3v) is 7.13. The predicted molar refractivity (Wildman–Crippen MR) is 92.8 cm³/mol. The second kappa shape index (κ2) is 8.96. The van der Waals surface area contributed by atoms with Crippen LogP contribution in [-0.4, -0.2) is 39.6 Å². The van der Waals surface area contributed by atoms with Gasteiger partial charge in [-0.15, -0.1) is 0 Å². The van der Waals surface area contributed by atoms with Gasteiger partial charge < -0.3 is 5.32 Å². The lowest BCUT2D eigenvalue weighted by Gasteiger charge is -2.36. The van der Waals surface area contributed by atoms with Crippen LogP contribution in [0.25, 0.3) is 0 Å². The third kappa shape index (κ3) is 4.68. The van der Waals surface area contributed by atoms with E-state index in [0.29, 0.717) is 6.04 Å². The monoisotopic (exact) mass is 310 g/mol. The third-order valence-electron chi connectivity index (χ3n) is 3.73. The average molecular weight is 311 g/mol. The van der Waals surface area contributed by atoms with Gasteiger partial charge in [-0.05, 0) is 37.4 Å². The maximum atomic E-state index is 4.26. The smallest absolute Gasteiger partial charge is 0.0323 e. The average Bonchev–Trinajstić information content (AvgIpc) is 2.52. The van der Waals surface area contributed by atoms with Gasteiger partial charge in [0.05, 0.1) is 0 Å². The summed E-state index contributed by atoms with van der Waals surface area (Å²) in [5, 5.41) is 5.31. The van der Waals surface area contributed by atoms with Crippen molar-refractivity contribution in [3.05, 3.63) is 30.1 Å². The van der Waals surface area contributed by atoms with Crippen LogP contribution in [-0.2, 0) is 6.42 Å². The van der Waals surface area contributed by atoms with Crippen LogP contribution >= 0.6 is 23.5 Å². The highest BCUT2D eigenvalue weighted by Crippen LogP contribution is 2.36. The molecule has 4 heteroatoms. The van der Waals surface area contributed by atoms with Crippen LogP contribution < -0.4 is 5.32 Å². The summed E-state index contributed by atoms with van der Waals surface area (Å²) in [6.07, 6.45) is 7.45. The Balaban J connectivity index is 2.05. The molecule has 1 aliphatic rings. The van der Waals surface area contributed by atoms with Gasteiger partial charge in [-0.1, -0.05) is 19.9 Å². The standard InChI is InChI=1S/C16H26N2S2/c1-3-7-18-14(11-13-6-5-8-17-12-13)16-15(4-2)19-9-10-20-16/h5-6,8,12,14-16,18H,3-4,7,9-11H2,1-2H3. The largest absolute Gasteiger partial charge is 0.313 e. The van der Waals surface area contributed by atoms with Gasteiger partial charge in [-0.2, -0.15) is 23.5 Å². The van der Waals surface area contributed by atoms with E-state index < -0.39 is 0 Å². The number of pyridine rings is 1. The molecule has 1 aromatic heterocycles. The molecular weight excluding hydrogens is 284 g/mol. The minimum absolute atomic E-state index is 0.571. The van der Waals surface area contributed by atoms with Crippen molar-refractivity contribution < 1.29 is 0 Å². The molecule has 1 fully saturated rings. The molecule has 0 aromatic carbocycles. The molecule has 1 saturated heterocycles. The molecule has 1 aromatic rings. The molecule has 0 radical (unpaired) electrons. The number of hydrogen-bond acceptors (Lipinski definition) is 4. The maximum absolute atomic E-state index is 4.26. The van der Waals surface area contributed by atoms with Crippen molar-refractivity contribution in [2.75, 3.05) is 18.1 Å². The van der Waals surface area contributed by atoms with Gasteiger partial charge in [0.25, 0.3) is 0 Å². The van der Waals surface area contributed by atoms with Crippen LogP contribution in [0.15, 0.2) is 24.5 Å². The van der Waals surface area contributed by atoms with Gasteiger partial charge in [0.1, 0.15) is 0 Å². The first kappa shape index (κ1) is 16.2. The van der Waals surface area contributed by atoms with Crippen LogP contribution in [0.5, 0.6) is 0 Å². The first-order valence-corrected chi connectivity index (χ1v) is 9.80. The Bertz CT molecular complexity index is 372. The first-order valence-electron chi connectivity index (χ1n) is 7.70. The SMILES string of the molecule is CCCNC(Cc1cccnc1)C1SCCSC1CC. The molecule has 0 amide bonds. The minimum atomic E-state index is 0.571. The highest BCUT2D eigenvalue weighted by Gasteiger charge is 2.31. The summed E-state index contributed by atoms with van der Waals surface area (Å²) < 4.78 is 0. The fraction of sp³-hybridized carbons (Fsp3) is 0.688. The van der Waals surface area contributed by atoms with E-state index in [1.807, 2.05) is 18.5 Å². The maximum Gasteiger partial charge on any atom is 0.0323 e. The molecule has 1 N–H and O–H groups in total. The Kier molecular flexibility index (Phi) is 7.25. The number of rotatable bonds is 7. The van der Waals surface area contributed by atoms with Crippen LogP contribution in [0.1, 0.15) is 32.3 Å². The summed E-state index contributed by atoms with van der Waals surface area (Å²) in [5.41, 5.74) is 1.35. The minimum Gasteiger partial charge on any atom is -0.313 e. The predicted octanol–water partition coefficient (Wildman–Crippen LogP) is 3.62. The number of aromatic nitrogens is 1. The highest BCUT2D eigenvalue weighted by molar-refractivity contribution is 8.07. The molecule has 1 aliphatic heterocycles. The van der Waals surface area contributed by atoms with E-state index in [2.05, 4.69) is 53.7 Å². The Morgan fingerprint density at radius 3 is 2.90 bits per heavy atom. The summed E-state index contributed by atoms with van der Waals surface area (Å²) in [4.78, 5) is 4.26. The van der Waals surface area contributed by atoms with E-state index in [9.17, 15) is 0 Å². The van der Waals surface area contributed by atoms with E-state index >= 15 is 0 Å². The van der Waals surface area contributed by atoms with Crippen molar-refractivity contribution in [1.29, 1.82) is 0 Å². The van der Waals surface area contributed by atoms with Gasteiger partial charge >= 0.3 is 0 Å². The molecule has 2 nitrogen and oxygen atoms in total. The van der Waals surface area contributed by atoms with Crippen molar-refractivity contribution in [1.82, 2.24) is 10.3 Å². The summed E-state index contributed by atoms with van der Waals surface area (Å²) >= 11 is 4.34. The van der Waals surface area contributed by atoms with Crippen LogP contribution in [0.2, 0.25) is 0 Å². The number of thioether (sulfide) groups is 2. The number of nitrogens with one attached hydrogen (secondary N) is 1. The van der Waals surface area contributed by atoms with Crippen LogP contribution in [0.4, 0.5) is 0 Å². The van der Waals surface area contributed by atoms with Gasteiger partial charge in [0.15, 0.2) is 0 Å². The van der Waals surface area contributed by atoms with E-state index in [1.165, 1.54) is 29.9 Å². The van der Waals surface area contributed by atoms with E-state index in [1.54, 1.807) is 0 Å². The second-order valence-electron chi connectivity index (χ2n) is 5.28. The van der Waals surface area contributed by atoms with Gasteiger partial charge in [-0.3, -0.25) is 4.98 Å². The molecule has 112 valence electrons. The Labute approximate surface area is 131 Å². The molecule has 3 unspecified atom stereocenters. The summed E-state index contributed by atoms with van der Waals surface area (Å²) in [7, 11) is 0. The quantitative estimate of drug-likeness (QED) is 0.831. The lowest BCUT2D eigenvalue weighted by molar-refractivity contribution is 0.477. The number of nitrogens with zero attached hydrogens (tertiary/aromatic N) is 1. The fourth-order valence-corrected chi connectivity index (χ4v) is 5.98. The lowest BCUT2D eigenvalue weighted by Crippen LogP contribution is -2.46. The fourth-order valence-electron chi connectivity index (χ4n) is 2.72. The summed E-state index contributed by atoms with van der Waals surface area (Å²) in [6, 6.07) is 4.82. The van der Waals surface area contributed by atoms with Crippen LogP contribution in [0, 0.1) is 0 Å². The highest BCUT2D eigenvalue weighted by atomic mass is 32.2. The van der Waals surface area contributed by atoms with Crippen molar-refractivity contribution in [3.63, 3.8) is 0 Å². The molecular formula is C16H26N2S2. The molecule has 0 spiro atoms. The lowest BCUT2D eigenvalue weighted by atomic mass is 10.0. The zero-order valence-corrected chi connectivity index (χ0v) is 14.2. The Morgan fingerprint density at radius 2 is 2.20 bits per heavy atom. The van der Waals surface area contributed by atoms with E-state index in [4.69, 9.17) is 0 Å². The van der Waals surface area contributed by atoms with Gasteiger partial charge in [0, 0.05) is 40.4 Å². The Morgan fingerprint density at radius 1 is 1.35 bits per heavy atom. The van der Waals surface area contributed by atoms with Crippen LogP contribution in [0.3, 0.4) is 0 Å². The molecule has 3 atom stereocenters. The zero-order valence-electron chi connectivity index (χ0n) is 12.5. The van der Waals surface area contributed by atoms with Crippen molar-refractivity contribution in [2.45, 2.75) is 49.7 Å². The normalized spacial score (nSPS) is 24.5. The van der Waals surface area contributed by atoms with Crippen molar-refractivity contribution >= 4 is 23.5 Å². The van der Waals surface area contributed by atoms with Gasteiger partial charge in [-0.25, -0.2) is 0 Å². The molecule has 20 heavy (non-hydrogen) atoms. The van der Waals surface area contributed by atoms with Crippen molar-refractivity contribution in [2.24, 2.45) is 0 Å². The summed E-state index contributed by atoms with van der Waals surface area (Å²) in [6.45, 7) is 5.69. The van der Waals surface area contributed by atoms with Crippen molar-refractivity contribution in [3.8, 4) is 0 Å². The molecule has 2 heterocycles.